The fourth-order valence-corrected chi connectivity index (χ4v) is 4.33. The van der Waals surface area contributed by atoms with Gasteiger partial charge in [0.2, 0.25) is 5.91 Å². The molecule has 0 unspecified atom stereocenters. The van der Waals surface area contributed by atoms with Crippen LogP contribution in [0.5, 0.6) is 5.75 Å². The van der Waals surface area contributed by atoms with Crippen molar-refractivity contribution in [1.29, 1.82) is 0 Å². The summed E-state index contributed by atoms with van der Waals surface area (Å²) < 4.78 is 11.7. The van der Waals surface area contributed by atoms with Crippen molar-refractivity contribution in [2.24, 2.45) is 0 Å². The van der Waals surface area contributed by atoms with Gasteiger partial charge in [0.1, 0.15) is 5.75 Å². The molecule has 0 atom stereocenters. The summed E-state index contributed by atoms with van der Waals surface area (Å²) in [6.45, 7) is 2.03. The standard InChI is InChI=1S/C22H25BrClNO3/c1-27-20-8-2-16(14-19(20)23)3-9-21(26)25-15-22(10-12-28-13-11-22)17-4-6-18(24)7-5-17/h2,4-8,14H,3,9-13,15H2,1H3,(H,25,26). The predicted molar refractivity (Wildman–Crippen MR) is 115 cm³/mol. The van der Waals surface area contributed by atoms with Crippen molar-refractivity contribution in [1.82, 2.24) is 5.32 Å². The van der Waals surface area contributed by atoms with Crippen LogP contribution in [0.15, 0.2) is 46.9 Å². The van der Waals surface area contributed by atoms with Gasteiger partial charge in [-0.25, -0.2) is 0 Å². The molecule has 1 aliphatic rings. The normalized spacial score (nSPS) is 15.8. The van der Waals surface area contributed by atoms with E-state index in [1.54, 1.807) is 7.11 Å². The highest BCUT2D eigenvalue weighted by molar-refractivity contribution is 9.10. The maximum absolute atomic E-state index is 12.5. The second-order valence-electron chi connectivity index (χ2n) is 7.15. The highest BCUT2D eigenvalue weighted by Gasteiger charge is 2.34. The molecule has 28 heavy (non-hydrogen) atoms. The average Bonchev–Trinajstić information content (AvgIpc) is 2.72. The summed E-state index contributed by atoms with van der Waals surface area (Å²) in [5.41, 5.74) is 2.21. The number of amides is 1. The molecule has 0 bridgehead atoms. The van der Waals surface area contributed by atoms with E-state index in [0.29, 0.717) is 32.6 Å². The van der Waals surface area contributed by atoms with Crippen LogP contribution >= 0.6 is 27.5 Å². The lowest BCUT2D eigenvalue weighted by molar-refractivity contribution is -0.121. The highest BCUT2D eigenvalue weighted by atomic mass is 79.9. The Kier molecular flexibility index (Phi) is 7.38. The van der Waals surface area contributed by atoms with Crippen LogP contribution in [0.1, 0.15) is 30.4 Å². The highest BCUT2D eigenvalue weighted by Crippen LogP contribution is 2.35. The summed E-state index contributed by atoms with van der Waals surface area (Å²) >= 11 is 9.54. The monoisotopic (exact) mass is 465 g/mol. The summed E-state index contributed by atoms with van der Waals surface area (Å²) in [7, 11) is 1.64. The zero-order valence-electron chi connectivity index (χ0n) is 16.0. The Morgan fingerprint density at radius 3 is 2.57 bits per heavy atom. The number of aryl methyl sites for hydroxylation is 1. The van der Waals surface area contributed by atoms with Gasteiger partial charge in [-0.15, -0.1) is 0 Å². The van der Waals surface area contributed by atoms with Crippen LogP contribution in [0, 0.1) is 0 Å². The first kappa shape index (κ1) is 21.2. The van der Waals surface area contributed by atoms with Crippen LogP contribution in [0.4, 0.5) is 0 Å². The third-order valence-electron chi connectivity index (χ3n) is 5.39. The zero-order valence-corrected chi connectivity index (χ0v) is 18.3. The zero-order chi connectivity index (χ0) is 20.0. The Hall–Kier alpha value is -1.56. The van der Waals surface area contributed by atoms with Gasteiger partial charge in [-0.1, -0.05) is 29.8 Å². The smallest absolute Gasteiger partial charge is 0.220 e. The van der Waals surface area contributed by atoms with Gasteiger partial charge < -0.3 is 14.8 Å². The summed E-state index contributed by atoms with van der Waals surface area (Å²) in [6.07, 6.45) is 2.91. The van der Waals surface area contributed by atoms with Crippen molar-refractivity contribution in [3.63, 3.8) is 0 Å². The van der Waals surface area contributed by atoms with E-state index in [0.717, 1.165) is 33.6 Å². The minimum absolute atomic E-state index is 0.0618. The minimum Gasteiger partial charge on any atom is -0.496 e. The molecule has 0 spiro atoms. The molecule has 1 N–H and O–H groups in total. The van der Waals surface area contributed by atoms with Crippen molar-refractivity contribution in [2.75, 3.05) is 26.9 Å². The molecule has 0 aromatic heterocycles. The molecule has 0 radical (unpaired) electrons. The topological polar surface area (TPSA) is 47.6 Å². The Labute approximate surface area is 179 Å². The van der Waals surface area contributed by atoms with E-state index in [9.17, 15) is 4.79 Å². The van der Waals surface area contributed by atoms with Crippen LogP contribution in [0.2, 0.25) is 5.02 Å². The molecule has 1 saturated heterocycles. The second kappa shape index (κ2) is 9.77. The van der Waals surface area contributed by atoms with Gasteiger partial charge in [0.25, 0.3) is 0 Å². The molecular formula is C22H25BrClNO3. The van der Waals surface area contributed by atoms with Crippen molar-refractivity contribution < 1.29 is 14.3 Å². The van der Waals surface area contributed by atoms with Crippen LogP contribution in [0.3, 0.4) is 0 Å². The minimum atomic E-state index is -0.0956. The number of hydrogen-bond acceptors (Lipinski definition) is 3. The molecule has 3 rings (SSSR count). The molecule has 1 heterocycles. The number of rotatable bonds is 7. The maximum atomic E-state index is 12.5. The number of nitrogens with one attached hydrogen (secondary N) is 1. The first-order valence-corrected chi connectivity index (χ1v) is 10.6. The quantitative estimate of drug-likeness (QED) is 0.631. The second-order valence-corrected chi connectivity index (χ2v) is 8.44. The number of carbonyl (C=O) groups is 1. The lowest BCUT2D eigenvalue weighted by Gasteiger charge is -2.38. The van der Waals surface area contributed by atoms with Crippen LogP contribution in [0.25, 0.3) is 0 Å². The fraction of sp³-hybridized carbons (Fsp3) is 0.409. The third-order valence-corrected chi connectivity index (χ3v) is 6.26. The molecule has 1 aliphatic heterocycles. The summed E-state index contributed by atoms with van der Waals surface area (Å²) in [5, 5.41) is 3.87. The van der Waals surface area contributed by atoms with Crippen molar-refractivity contribution in [2.45, 2.75) is 31.1 Å². The van der Waals surface area contributed by atoms with Gasteiger partial charge in [-0.3, -0.25) is 4.79 Å². The molecule has 150 valence electrons. The Morgan fingerprint density at radius 2 is 1.93 bits per heavy atom. The summed E-state index contributed by atoms with van der Waals surface area (Å²) in [6, 6.07) is 13.9. The van der Waals surface area contributed by atoms with Crippen LogP contribution in [-0.2, 0) is 21.4 Å². The van der Waals surface area contributed by atoms with E-state index in [1.165, 1.54) is 5.56 Å². The predicted octanol–water partition coefficient (Wildman–Crippen LogP) is 4.91. The Balaban J connectivity index is 1.59. The molecule has 4 nitrogen and oxygen atoms in total. The van der Waals surface area contributed by atoms with Gasteiger partial charge in [0.05, 0.1) is 11.6 Å². The first-order chi connectivity index (χ1) is 13.5. The van der Waals surface area contributed by atoms with Crippen LogP contribution in [-0.4, -0.2) is 32.8 Å². The molecule has 1 amide bonds. The molecular weight excluding hydrogens is 442 g/mol. The molecule has 2 aromatic carbocycles. The van der Waals surface area contributed by atoms with Crippen molar-refractivity contribution >= 4 is 33.4 Å². The Morgan fingerprint density at radius 1 is 1.21 bits per heavy atom. The third kappa shape index (κ3) is 5.28. The van der Waals surface area contributed by atoms with E-state index in [-0.39, 0.29) is 11.3 Å². The molecule has 0 aliphatic carbocycles. The number of carbonyl (C=O) groups excluding carboxylic acids is 1. The van der Waals surface area contributed by atoms with E-state index in [4.69, 9.17) is 21.1 Å². The van der Waals surface area contributed by atoms with E-state index in [1.807, 2.05) is 30.3 Å². The van der Waals surface area contributed by atoms with Crippen molar-refractivity contribution in [3.8, 4) is 5.75 Å². The summed E-state index contributed by atoms with van der Waals surface area (Å²) in [4.78, 5) is 12.5. The number of halogens is 2. The van der Waals surface area contributed by atoms with Crippen LogP contribution < -0.4 is 10.1 Å². The van der Waals surface area contributed by atoms with E-state index < -0.39 is 0 Å². The number of methoxy groups -OCH3 is 1. The molecule has 2 aromatic rings. The first-order valence-electron chi connectivity index (χ1n) is 9.45. The largest absolute Gasteiger partial charge is 0.496 e. The van der Waals surface area contributed by atoms with E-state index in [2.05, 4.69) is 33.4 Å². The molecule has 1 fully saturated rings. The Bertz CT molecular complexity index is 804. The average molecular weight is 467 g/mol. The summed E-state index contributed by atoms with van der Waals surface area (Å²) in [5.74, 6) is 0.851. The van der Waals surface area contributed by atoms with Gasteiger partial charge in [-0.05, 0) is 70.6 Å². The van der Waals surface area contributed by atoms with E-state index >= 15 is 0 Å². The number of benzene rings is 2. The lowest BCUT2D eigenvalue weighted by Crippen LogP contribution is -2.44. The fourth-order valence-electron chi connectivity index (χ4n) is 3.61. The van der Waals surface area contributed by atoms with Gasteiger partial charge in [0, 0.05) is 36.6 Å². The number of ether oxygens (including phenoxy) is 2. The molecule has 0 saturated carbocycles. The van der Waals surface area contributed by atoms with Gasteiger partial charge >= 0.3 is 0 Å². The van der Waals surface area contributed by atoms with Gasteiger partial charge in [-0.2, -0.15) is 0 Å². The lowest BCUT2D eigenvalue weighted by atomic mass is 9.74. The van der Waals surface area contributed by atoms with Crippen molar-refractivity contribution in [3.05, 3.63) is 63.1 Å². The van der Waals surface area contributed by atoms with Gasteiger partial charge in [0.15, 0.2) is 0 Å². The SMILES string of the molecule is COc1ccc(CCC(=O)NCC2(c3ccc(Cl)cc3)CCOCC2)cc1Br. The number of hydrogen-bond donors (Lipinski definition) is 1. The maximum Gasteiger partial charge on any atom is 0.220 e. The molecule has 6 heteroatoms.